The molecular weight excluding hydrogens is 354 g/mol. The second-order valence-corrected chi connectivity index (χ2v) is 9.64. The molecule has 3 atom stereocenters. The van der Waals surface area contributed by atoms with Crippen molar-refractivity contribution in [2.75, 3.05) is 6.54 Å². The summed E-state index contributed by atoms with van der Waals surface area (Å²) in [7, 11) is 0. The Labute approximate surface area is 166 Å². The van der Waals surface area contributed by atoms with Crippen molar-refractivity contribution < 1.29 is 14.1 Å². The summed E-state index contributed by atoms with van der Waals surface area (Å²) in [6.45, 7) is 2.86. The van der Waals surface area contributed by atoms with Crippen LogP contribution in [0.4, 0.5) is 0 Å². The van der Waals surface area contributed by atoms with E-state index in [1.165, 1.54) is 32.1 Å². The number of likely N-dealkylation sites (tertiary alicyclic amines) is 1. The summed E-state index contributed by atoms with van der Waals surface area (Å²) in [6, 6.07) is 2.05. The van der Waals surface area contributed by atoms with E-state index in [-0.39, 0.29) is 23.9 Å². The maximum absolute atomic E-state index is 13.1. The van der Waals surface area contributed by atoms with Crippen LogP contribution in [-0.4, -0.2) is 40.5 Å². The molecule has 4 aliphatic rings. The molecule has 2 amide bonds. The van der Waals surface area contributed by atoms with Gasteiger partial charge in [0.25, 0.3) is 5.91 Å². The van der Waals surface area contributed by atoms with Gasteiger partial charge in [-0.25, -0.2) is 0 Å². The van der Waals surface area contributed by atoms with E-state index >= 15 is 0 Å². The van der Waals surface area contributed by atoms with E-state index in [1.807, 2.05) is 0 Å². The molecule has 2 unspecified atom stereocenters. The van der Waals surface area contributed by atoms with E-state index in [9.17, 15) is 9.59 Å². The van der Waals surface area contributed by atoms with Gasteiger partial charge >= 0.3 is 0 Å². The smallest absolute Gasteiger partial charge is 0.273 e. The second kappa shape index (κ2) is 6.89. The fourth-order valence-corrected chi connectivity index (χ4v) is 5.55. The summed E-state index contributed by atoms with van der Waals surface area (Å²) in [4.78, 5) is 27.7. The number of hydrogen-bond acceptors (Lipinski definition) is 4. The molecule has 2 heterocycles. The van der Waals surface area contributed by atoms with Gasteiger partial charge in [-0.3, -0.25) is 9.59 Å². The minimum Gasteiger partial charge on any atom is -0.360 e. The molecule has 6 nitrogen and oxygen atoms in total. The standard InChI is InChI=1S/C22H31N3O3/c1-14-11-16(23-20(26)18-12-19(28-24-18)15-5-6-15)7-10-25(14)21(27)17-13-22(17)8-3-2-4-9-22/h12,14-17H,2-11,13H2,1H3,(H,23,26)/t14-,16?,17?/m0/s1. The molecule has 3 aliphatic carbocycles. The molecule has 1 saturated heterocycles. The predicted octanol–water partition coefficient (Wildman–Crippen LogP) is 3.63. The van der Waals surface area contributed by atoms with Gasteiger partial charge in [-0.1, -0.05) is 24.4 Å². The summed E-state index contributed by atoms with van der Waals surface area (Å²) >= 11 is 0. The van der Waals surface area contributed by atoms with Crippen LogP contribution in [0.1, 0.15) is 93.3 Å². The van der Waals surface area contributed by atoms with Gasteiger partial charge in [0, 0.05) is 36.5 Å². The van der Waals surface area contributed by atoms with Crippen LogP contribution in [0.15, 0.2) is 10.6 Å². The van der Waals surface area contributed by atoms with E-state index in [2.05, 4.69) is 22.3 Å². The number of carbonyl (C=O) groups excluding carboxylic acids is 2. The molecule has 28 heavy (non-hydrogen) atoms. The van der Waals surface area contributed by atoms with Gasteiger partial charge in [-0.15, -0.1) is 0 Å². The van der Waals surface area contributed by atoms with Gasteiger partial charge in [0.15, 0.2) is 5.69 Å². The summed E-state index contributed by atoms with van der Waals surface area (Å²) < 4.78 is 5.29. The topological polar surface area (TPSA) is 75.4 Å². The highest BCUT2D eigenvalue weighted by Crippen LogP contribution is 2.62. The number of hydrogen-bond donors (Lipinski definition) is 1. The Morgan fingerprint density at radius 2 is 2.00 bits per heavy atom. The van der Waals surface area contributed by atoms with E-state index < -0.39 is 0 Å². The van der Waals surface area contributed by atoms with E-state index in [0.29, 0.717) is 22.9 Å². The van der Waals surface area contributed by atoms with E-state index in [1.54, 1.807) is 6.07 Å². The number of amides is 2. The third-order valence-electron chi connectivity index (χ3n) is 7.57. The number of piperidine rings is 1. The quantitative estimate of drug-likeness (QED) is 0.859. The highest BCUT2D eigenvalue weighted by atomic mass is 16.5. The van der Waals surface area contributed by atoms with Gasteiger partial charge in [0.1, 0.15) is 5.76 Å². The molecule has 5 rings (SSSR count). The van der Waals surface area contributed by atoms with Gasteiger partial charge in [0.05, 0.1) is 0 Å². The summed E-state index contributed by atoms with van der Waals surface area (Å²) in [5, 5.41) is 7.03. The summed E-state index contributed by atoms with van der Waals surface area (Å²) in [5.41, 5.74) is 0.720. The highest BCUT2D eigenvalue weighted by Gasteiger charge is 2.58. The van der Waals surface area contributed by atoms with Crippen LogP contribution in [-0.2, 0) is 4.79 Å². The molecule has 0 bridgehead atoms. The fourth-order valence-electron chi connectivity index (χ4n) is 5.55. The van der Waals surface area contributed by atoms with Crippen LogP contribution < -0.4 is 5.32 Å². The van der Waals surface area contributed by atoms with Gasteiger partial charge < -0.3 is 14.7 Å². The zero-order valence-corrected chi connectivity index (χ0v) is 16.8. The third kappa shape index (κ3) is 3.35. The van der Waals surface area contributed by atoms with Gasteiger partial charge in [-0.2, -0.15) is 0 Å². The lowest BCUT2D eigenvalue weighted by molar-refractivity contribution is -0.137. The van der Waals surface area contributed by atoms with Crippen LogP contribution in [0.2, 0.25) is 0 Å². The van der Waals surface area contributed by atoms with Crippen LogP contribution in [0.25, 0.3) is 0 Å². The zero-order valence-electron chi connectivity index (χ0n) is 16.8. The van der Waals surface area contributed by atoms with Gasteiger partial charge in [-0.05, 0) is 57.3 Å². The Balaban J connectivity index is 1.14. The third-order valence-corrected chi connectivity index (χ3v) is 7.57. The highest BCUT2D eigenvalue weighted by molar-refractivity contribution is 5.92. The first-order valence-corrected chi connectivity index (χ1v) is 11.1. The minimum absolute atomic E-state index is 0.0930. The average molecular weight is 386 g/mol. The van der Waals surface area contributed by atoms with Crippen molar-refractivity contribution in [2.24, 2.45) is 11.3 Å². The van der Waals surface area contributed by atoms with Crippen molar-refractivity contribution in [3.05, 3.63) is 17.5 Å². The maximum Gasteiger partial charge on any atom is 0.273 e. The number of nitrogens with one attached hydrogen (secondary N) is 1. The Morgan fingerprint density at radius 1 is 1.21 bits per heavy atom. The van der Waals surface area contributed by atoms with Crippen LogP contribution in [0.3, 0.4) is 0 Å². The Morgan fingerprint density at radius 3 is 2.71 bits per heavy atom. The lowest BCUT2D eigenvalue weighted by Gasteiger charge is -2.38. The molecule has 4 fully saturated rings. The second-order valence-electron chi connectivity index (χ2n) is 9.64. The van der Waals surface area contributed by atoms with E-state index in [0.717, 1.165) is 44.4 Å². The van der Waals surface area contributed by atoms with Crippen LogP contribution >= 0.6 is 0 Å². The van der Waals surface area contributed by atoms with Crippen molar-refractivity contribution in [1.29, 1.82) is 0 Å². The van der Waals surface area contributed by atoms with Crippen molar-refractivity contribution in [1.82, 2.24) is 15.4 Å². The van der Waals surface area contributed by atoms with Crippen LogP contribution in [0, 0.1) is 11.3 Å². The van der Waals surface area contributed by atoms with Crippen molar-refractivity contribution in [2.45, 2.75) is 89.1 Å². The predicted molar refractivity (Wildman–Crippen MR) is 104 cm³/mol. The molecule has 1 aliphatic heterocycles. The zero-order chi connectivity index (χ0) is 19.3. The van der Waals surface area contributed by atoms with Crippen molar-refractivity contribution in [3.63, 3.8) is 0 Å². The Kier molecular flexibility index (Phi) is 4.48. The number of rotatable bonds is 4. The monoisotopic (exact) mass is 385 g/mol. The molecule has 0 aromatic carbocycles. The first-order valence-electron chi connectivity index (χ1n) is 11.1. The minimum atomic E-state index is -0.157. The molecule has 3 saturated carbocycles. The maximum atomic E-state index is 13.1. The fraction of sp³-hybridized carbons (Fsp3) is 0.773. The van der Waals surface area contributed by atoms with Gasteiger partial charge in [0.2, 0.25) is 5.91 Å². The molecule has 1 aromatic heterocycles. The van der Waals surface area contributed by atoms with Crippen LogP contribution in [0.5, 0.6) is 0 Å². The largest absolute Gasteiger partial charge is 0.360 e. The van der Waals surface area contributed by atoms with Crippen molar-refractivity contribution in [3.8, 4) is 0 Å². The number of carbonyl (C=O) groups is 2. The molecule has 0 radical (unpaired) electrons. The normalized spacial score (nSPS) is 31.6. The molecule has 1 spiro atoms. The molecular formula is C22H31N3O3. The first-order chi connectivity index (χ1) is 13.6. The Hall–Kier alpha value is -1.85. The molecule has 6 heteroatoms. The van der Waals surface area contributed by atoms with E-state index in [4.69, 9.17) is 4.52 Å². The van der Waals surface area contributed by atoms with Crippen molar-refractivity contribution >= 4 is 11.8 Å². The molecule has 1 aromatic rings. The molecule has 152 valence electrons. The molecule has 1 N–H and O–H groups in total. The summed E-state index contributed by atoms with van der Waals surface area (Å²) in [5.74, 6) is 1.76. The number of nitrogens with zero attached hydrogens (tertiary/aromatic N) is 2. The first kappa shape index (κ1) is 18.2. The number of aromatic nitrogens is 1. The SMILES string of the molecule is C[C@H]1CC(NC(=O)c2cc(C3CC3)on2)CCN1C(=O)C1CC12CCCCC2. The lowest BCUT2D eigenvalue weighted by Crippen LogP contribution is -2.51. The summed E-state index contributed by atoms with van der Waals surface area (Å²) in [6.07, 6.45) is 11.4. The average Bonchev–Trinajstić information content (AvgIpc) is 3.60. The Bertz CT molecular complexity index is 763. The lowest BCUT2D eigenvalue weighted by atomic mass is 9.84.